The molecule has 6 heteroatoms. The molecule has 0 aliphatic heterocycles. The van der Waals surface area contributed by atoms with Crippen LogP contribution in [0.3, 0.4) is 0 Å². The van der Waals surface area contributed by atoms with Gasteiger partial charge in [0.15, 0.2) is 0 Å². The van der Waals surface area contributed by atoms with Gasteiger partial charge in [-0.3, -0.25) is 9.98 Å². The first-order valence-corrected chi connectivity index (χ1v) is 8.34. The van der Waals surface area contributed by atoms with Gasteiger partial charge in [0.05, 0.1) is 18.5 Å². The maximum absolute atomic E-state index is 5.23. The Balaban J connectivity index is 2.08. The molecule has 2 heterocycles. The molecule has 0 saturated heterocycles. The highest BCUT2D eigenvalue weighted by atomic mass is 32.1. The first kappa shape index (κ1) is 16.1. The zero-order valence-electron chi connectivity index (χ0n) is 13.8. The molecule has 3 rings (SSSR count). The molecule has 0 spiro atoms. The molecule has 0 aliphatic rings. The third-order valence-electron chi connectivity index (χ3n) is 3.59. The molecule has 0 atom stereocenters. The lowest BCUT2D eigenvalue weighted by atomic mass is 10.2. The van der Waals surface area contributed by atoms with Gasteiger partial charge in [-0.1, -0.05) is 6.07 Å². The van der Waals surface area contributed by atoms with Crippen molar-refractivity contribution in [2.45, 2.75) is 6.92 Å². The number of ether oxygens (including phenoxy) is 1. The minimum atomic E-state index is 0.830. The third kappa shape index (κ3) is 3.28. The standard InChI is InChI=1S/C18H18N4OS/c1-13(15-5-4-10-20-11-15)21-22-17(12-24-18(22)19-2)14-6-8-16(23-3)9-7-14/h4-12H,1-3H3/b19-18?,21-13+. The van der Waals surface area contributed by atoms with Crippen LogP contribution < -0.4 is 9.54 Å². The Kier molecular flexibility index (Phi) is 4.86. The van der Waals surface area contributed by atoms with Gasteiger partial charge >= 0.3 is 0 Å². The highest BCUT2D eigenvalue weighted by Crippen LogP contribution is 2.23. The van der Waals surface area contributed by atoms with Gasteiger partial charge in [0.1, 0.15) is 5.75 Å². The van der Waals surface area contributed by atoms with Crippen LogP contribution in [0.15, 0.2) is 64.3 Å². The van der Waals surface area contributed by atoms with E-state index in [2.05, 4.69) is 15.4 Å². The Morgan fingerprint density at radius 2 is 2.00 bits per heavy atom. The second-order valence-electron chi connectivity index (χ2n) is 5.09. The second-order valence-corrected chi connectivity index (χ2v) is 5.93. The van der Waals surface area contributed by atoms with Crippen molar-refractivity contribution in [2.24, 2.45) is 10.1 Å². The summed E-state index contributed by atoms with van der Waals surface area (Å²) in [6, 6.07) is 11.8. The van der Waals surface area contributed by atoms with Gasteiger partial charge < -0.3 is 4.74 Å². The minimum Gasteiger partial charge on any atom is -0.497 e. The third-order valence-corrected chi connectivity index (χ3v) is 4.50. The number of thiazole rings is 1. The maximum atomic E-state index is 5.23. The summed E-state index contributed by atoms with van der Waals surface area (Å²) in [4.78, 5) is 9.32. The number of hydrogen-bond acceptors (Lipinski definition) is 5. The predicted octanol–water partition coefficient (Wildman–Crippen LogP) is 3.42. The molecule has 0 bridgehead atoms. The molecule has 2 aromatic heterocycles. The molecule has 3 aromatic rings. The molecule has 0 aliphatic carbocycles. The Labute approximate surface area is 144 Å². The van der Waals surface area contributed by atoms with E-state index >= 15 is 0 Å². The van der Waals surface area contributed by atoms with Gasteiger partial charge in [-0.15, -0.1) is 11.3 Å². The fourth-order valence-electron chi connectivity index (χ4n) is 2.29. The lowest BCUT2D eigenvalue weighted by Gasteiger charge is -2.07. The van der Waals surface area contributed by atoms with Crippen molar-refractivity contribution in [3.8, 4) is 17.0 Å². The molecule has 0 fully saturated rings. The van der Waals surface area contributed by atoms with Crippen molar-refractivity contribution < 1.29 is 4.74 Å². The molecule has 0 N–H and O–H groups in total. The maximum Gasteiger partial charge on any atom is 0.205 e. The lowest BCUT2D eigenvalue weighted by molar-refractivity contribution is 0.415. The number of hydrogen-bond donors (Lipinski definition) is 0. The van der Waals surface area contributed by atoms with E-state index in [1.165, 1.54) is 0 Å². The van der Waals surface area contributed by atoms with Gasteiger partial charge in [0.25, 0.3) is 0 Å². The smallest absolute Gasteiger partial charge is 0.205 e. The van der Waals surface area contributed by atoms with E-state index in [1.807, 2.05) is 54.2 Å². The largest absolute Gasteiger partial charge is 0.497 e. The van der Waals surface area contributed by atoms with Crippen LogP contribution in [0.4, 0.5) is 0 Å². The van der Waals surface area contributed by atoms with Crippen molar-refractivity contribution in [3.63, 3.8) is 0 Å². The highest BCUT2D eigenvalue weighted by molar-refractivity contribution is 7.07. The number of methoxy groups -OCH3 is 1. The SMILES string of the molecule is CN=c1scc(-c2ccc(OC)cc2)n1/N=C(\C)c1cccnc1. The van der Waals surface area contributed by atoms with E-state index in [-0.39, 0.29) is 0 Å². The van der Waals surface area contributed by atoms with Crippen LogP contribution in [0, 0.1) is 0 Å². The topological polar surface area (TPSA) is 51.8 Å². The van der Waals surface area contributed by atoms with Crippen LogP contribution in [-0.4, -0.2) is 29.5 Å². The second kappa shape index (κ2) is 7.23. The van der Waals surface area contributed by atoms with Crippen molar-refractivity contribution in [1.82, 2.24) is 9.66 Å². The van der Waals surface area contributed by atoms with E-state index in [9.17, 15) is 0 Å². The number of nitrogens with zero attached hydrogens (tertiary/aromatic N) is 4. The molecule has 0 saturated carbocycles. The predicted molar refractivity (Wildman–Crippen MR) is 97.6 cm³/mol. The summed E-state index contributed by atoms with van der Waals surface area (Å²) in [6.07, 6.45) is 3.56. The summed E-state index contributed by atoms with van der Waals surface area (Å²) in [7, 11) is 3.43. The number of rotatable bonds is 4. The van der Waals surface area contributed by atoms with Crippen molar-refractivity contribution in [3.05, 3.63) is 64.5 Å². The summed E-state index contributed by atoms with van der Waals surface area (Å²) in [5.74, 6) is 0.830. The first-order chi connectivity index (χ1) is 11.7. The number of pyridine rings is 1. The van der Waals surface area contributed by atoms with Crippen LogP contribution in [0.2, 0.25) is 0 Å². The van der Waals surface area contributed by atoms with E-state index < -0.39 is 0 Å². The Hall–Kier alpha value is -2.73. The van der Waals surface area contributed by atoms with Gasteiger partial charge in [-0.25, -0.2) is 4.68 Å². The highest BCUT2D eigenvalue weighted by Gasteiger charge is 2.08. The van der Waals surface area contributed by atoms with Gasteiger partial charge in [-0.05, 0) is 37.3 Å². The van der Waals surface area contributed by atoms with Crippen LogP contribution in [0.5, 0.6) is 5.75 Å². The molecule has 5 nitrogen and oxygen atoms in total. The van der Waals surface area contributed by atoms with Crippen LogP contribution in [-0.2, 0) is 0 Å². The van der Waals surface area contributed by atoms with Crippen LogP contribution in [0.25, 0.3) is 11.3 Å². The summed E-state index contributed by atoms with van der Waals surface area (Å²) in [6.45, 7) is 1.97. The Morgan fingerprint density at radius 3 is 2.62 bits per heavy atom. The summed E-state index contributed by atoms with van der Waals surface area (Å²) in [5.41, 5.74) is 3.92. The van der Waals surface area contributed by atoms with Crippen LogP contribution in [0.1, 0.15) is 12.5 Å². The fraction of sp³-hybridized carbons (Fsp3) is 0.167. The van der Waals surface area contributed by atoms with Crippen molar-refractivity contribution >= 4 is 17.0 Å². The molecule has 1 aromatic carbocycles. The molecule has 24 heavy (non-hydrogen) atoms. The van der Waals surface area contributed by atoms with E-state index in [0.29, 0.717) is 0 Å². The molecular formula is C18H18N4OS. The average Bonchev–Trinajstić information content (AvgIpc) is 3.05. The molecule has 122 valence electrons. The first-order valence-electron chi connectivity index (χ1n) is 7.46. The Bertz CT molecular complexity index is 908. The molecule has 0 unspecified atom stereocenters. The summed E-state index contributed by atoms with van der Waals surface area (Å²) in [5, 5.41) is 6.82. The van der Waals surface area contributed by atoms with E-state index in [4.69, 9.17) is 9.84 Å². The monoisotopic (exact) mass is 338 g/mol. The zero-order valence-corrected chi connectivity index (χ0v) is 14.6. The van der Waals surface area contributed by atoms with Crippen molar-refractivity contribution in [2.75, 3.05) is 14.2 Å². The molecular weight excluding hydrogens is 320 g/mol. The fourth-order valence-corrected chi connectivity index (χ4v) is 3.09. The zero-order chi connectivity index (χ0) is 16.9. The van der Waals surface area contributed by atoms with Crippen molar-refractivity contribution in [1.29, 1.82) is 0 Å². The van der Waals surface area contributed by atoms with Gasteiger partial charge in [0, 0.05) is 35.9 Å². The Morgan fingerprint density at radius 1 is 1.21 bits per heavy atom. The summed E-state index contributed by atoms with van der Waals surface area (Å²) < 4.78 is 7.10. The van der Waals surface area contributed by atoms with E-state index in [0.717, 1.165) is 33.1 Å². The average molecular weight is 338 g/mol. The van der Waals surface area contributed by atoms with Gasteiger partial charge in [0.2, 0.25) is 4.80 Å². The molecule has 0 amide bonds. The number of aromatic nitrogens is 2. The van der Waals surface area contributed by atoms with Crippen LogP contribution >= 0.6 is 11.3 Å². The van der Waals surface area contributed by atoms with E-state index in [1.54, 1.807) is 31.7 Å². The molecule has 0 radical (unpaired) electrons. The summed E-state index contributed by atoms with van der Waals surface area (Å²) >= 11 is 1.56. The minimum absolute atomic E-state index is 0.830. The quantitative estimate of drug-likeness (QED) is 0.685. The normalized spacial score (nSPS) is 12.5. The lowest BCUT2D eigenvalue weighted by Crippen LogP contribution is -2.13. The number of benzene rings is 1. The van der Waals surface area contributed by atoms with Gasteiger partial charge in [-0.2, -0.15) is 5.10 Å².